The van der Waals surface area contributed by atoms with Crippen molar-refractivity contribution in [1.29, 1.82) is 0 Å². The average Bonchev–Trinajstić information content (AvgIpc) is 3.04. The summed E-state index contributed by atoms with van der Waals surface area (Å²) in [6.45, 7) is 1.94. The van der Waals surface area contributed by atoms with E-state index in [0.717, 1.165) is 49.3 Å². The van der Waals surface area contributed by atoms with Gasteiger partial charge in [0.2, 0.25) is 0 Å². The summed E-state index contributed by atoms with van der Waals surface area (Å²) in [6.07, 6.45) is 4.73. The maximum atomic E-state index is 14.0. The molecule has 1 atom stereocenters. The summed E-state index contributed by atoms with van der Waals surface area (Å²) in [4.78, 5) is 28.0. The van der Waals surface area contributed by atoms with Gasteiger partial charge in [0.25, 0.3) is 11.7 Å². The normalized spacial score (nSPS) is 21.5. The van der Waals surface area contributed by atoms with Gasteiger partial charge in [0.1, 0.15) is 17.3 Å². The molecule has 2 aromatic rings. The number of likely N-dealkylation sites (tertiary alicyclic amines) is 1. The fourth-order valence-corrected chi connectivity index (χ4v) is 4.76. The van der Waals surface area contributed by atoms with Gasteiger partial charge in [-0.1, -0.05) is 49.1 Å². The molecule has 162 valence electrons. The predicted molar refractivity (Wildman–Crippen MR) is 115 cm³/mol. The summed E-state index contributed by atoms with van der Waals surface area (Å²) >= 11 is 0. The van der Waals surface area contributed by atoms with E-state index < -0.39 is 29.3 Å². The highest BCUT2D eigenvalue weighted by Gasteiger charge is 2.49. The van der Waals surface area contributed by atoms with Gasteiger partial charge in [-0.25, -0.2) is 4.39 Å². The first-order valence-electron chi connectivity index (χ1n) is 10.6. The third-order valence-corrected chi connectivity index (χ3v) is 6.22. The zero-order valence-corrected chi connectivity index (χ0v) is 17.7. The lowest BCUT2D eigenvalue weighted by Gasteiger charge is -2.35. The molecule has 2 aromatic carbocycles. The van der Waals surface area contributed by atoms with Crippen LogP contribution in [-0.2, 0) is 9.59 Å². The highest BCUT2D eigenvalue weighted by atomic mass is 19.1. The van der Waals surface area contributed by atoms with Gasteiger partial charge in [-0.3, -0.25) is 9.59 Å². The number of hydrogen-bond acceptors (Lipinski definition) is 4. The third kappa shape index (κ3) is 3.82. The Hall–Kier alpha value is -3.15. The number of hydrogen-bond donors (Lipinski definition) is 1. The van der Waals surface area contributed by atoms with Crippen molar-refractivity contribution in [3.63, 3.8) is 0 Å². The second-order valence-corrected chi connectivity index (χ2v) is 8.26. The Kier molecular flexibility index (Phi) is 5.81. The fourth-order valence-electron chi connectivity index (χ4n) is 4.76. The number of carbonyl (C=O) groups is 2. The summed E-state index contributed by atoms with van der Waals surface area (Å²) in [7, 11) is 1.41. The van der Waals surface area contributed by atoms with Crippen LogP contribution in [0.25, 0.3) is 5.76 Å². The number of nitrogens with zero attached hydrogens (tertiary/aromatic N) is 1. The molecule has 1 saturated heterocycles. The Balaban J connectivity index is 1.92. The Morgan fingerprint density at radius 1 is 1.10 bits per heavy atom. The van der Waals surface area contributed by atoms with E-state index in [2.05, 4.69) is 0 Å². The first kappa shape index (κ1) is 21.1. The second-order valence-electron chi connectivity index (χ2n) is 8.26. The molecule has 2 fully saturated rings. The molecule has 5 nitrogen and oxygen atoms in total. The zero-order valence-electron chi connectivity index (χ0n) is 17.7. The van der Waals surface area contributed by atoms with Crippen molar-refractivity contribution in [3.05, 3.63) is 70.5 Å². The van der Waals surface area contributed by atoms with Crippen LogP contribution in [0.3, 0.4) is 0 Å². The van der Waals surface area contributed by atoms with Crippen LogP contribution in [-0.4, -0.2) is 34.8 Å². The van der Waals surface area contributed by atoms with E-state index >= 15 is 0 Å². The molecule has 6 heteroatoms. The molecule has 0 bridgehead atoms. The van der Waals surface area contributed by atoms with Gasteiger partial charge >= 0.3 is 0 Å². The Morgan fingerprint density at radius 3 is 2.52 bits per heavy atom. The van der Waals surface area contributed by atoms with Gasteiger partial charge in [0.05, 0.1) is 24.3 Å². The minimum atomic E-state index is -0.749. The molecule has 31 heavy (non-hydrogen) atoms. The number of rotatable bonds is 4. The molecule has 0 aromatic heterocycles. The number of ether oxygens (including phenoxy) is 1. The SMILES string of the molecule is COc1ccc(F)cc1/C(O)=C1\C(=O)C(=O)N(C2CCCCC2)C1c1cccc(C)c1. The van der Waals surface area contributed by atoms with E-state index in [9.17, 15) is 19.1 Å². The molecule has 2 aliphatic rings. The molecule has 1 unspecified atom stereocenters. The second kappa shape index (κ2) is 8.53. The van der Waals surface area contributed by atoms with E-state index in [1.54, 1.807) is 4.90 Å². The monoisotopic (exact) mass is 423 g/mol. The van der Waals surface area contributed by atoms with Gasteiger partial charge in [-0.2, -0.15) is 0 Å². The summed E-state index contributed by atoms with van der Waals surface area (Å²) in [5.41, 5.74) is 1.77. The number of benzene rings is 2. The van der Waals surface area contributed by atoms with Gasteiger partial charge < -0.3 is 14.7 Å². The number of Topliss-reactive ketones (excluding diaryl/α,β-unsaturated/α-hetero) is 1. The highest BCUT2D eigenvalue weighted by molar-refractivity contribution is 6.46. The average molecular weight is 423 g/mol. The number of aliphatic hydroxyl groups is 1. The lowest BCUT2D eigenvalue weighted by atomic mass is 9.90. The summed E-state index contributed by atoms with van der Waals surface area (Å²) in [5, 5.41) is 11.2. The maximum absolute atomic E-state index is 14.0. The van der Waals surface area contributed by atoms with Crippen LogP contribution in [0.1, 0.15) is 54.8 Å². The number of aryl methyl sites for hydroxylation is 1. The van der Waals surface area contributed by atoms with Crippen molar-refractivity contribution in [1.82, 2.24) is 4.90 Å². The standard InChI is InChI=1S/C25H26FNO4/c1-15-7-6-8-16(13-15)22-21(23(28)19-14-17(26)11-12-20(19)31-2)24(29)25(30)27(22)18-9-4-3-5-10-18/h6-8,11-14,18,22,28H,3-5,9-10H2,1-2H3/b23-21+. The van der Waals surface area contributed by atoms with Crippen LogP contribution >= 0.6 is 0 Å². The topological polar surface area (TPSA) is 66.8 Å². The lowest BCUT2D eigenvalue weighted by molar-refractivity contribution is -0.141. The Morgan fingerprint density at radius 2 is 1.84 bits per heavy atom. The maximum Gasteiger partial charge on any atom is 0.295 e. The van der Waals surface area contributed by atoms with E-state index in [4.69, 9.17) is 4.74 Å². The first-order chi connectivity index (χ1) is 14.9. The van der Waals surface area contributed by atoms with Crippen molar-refractivity contribution in [2.75, 3.05) is 7.11 Å². The van der Waals surface area contributed by atoms with Crippen LogP contribution in [0, 0.1) is 12.7 Å². The van der Waals surface area contributed by atoms with Crippen LogP contribution in [0.2, 0.25) is 0 Å². The summed E-state index contributed by atoms with van der Waals surface area (Å²) < 4.78 is 19.3. The summed E-state index contributed by atoms with van der Waals surface area (Å²) in [6, 6.07) is 10.5. The van der Waals surface area contributed by atoms with Crippen LogP contribution < -0.4 is 4.74 Å². The molecule has 0 spiro atoms. The lowest BCUT2D eigenvalue weighted by Crippen LogP contribution is -2.40. The number of amides is 1. The van der Waals surface area contributed by atoms with Gasteiger partial charge in [0, 0.05) is 6.04 Å². The molecule has 4 rings (SSSR count). The fraction of sp³-hybridized carbons (Fsp3) is 0.360. The minimum Gasteiger partial charge on any atom is -0.507 e. The smallest absolute Gasteiger partial charge is 0.295 e. The minimum absolute atomic E-state index is 0.0231. The number of methoxy groups -OCH3 is 1. The van der Waals surface area contributed by atoms with E-state index in [1.807, 2.05) is 31.2 Å². The van der Waals surface area contributed by atoms with Crippen molar-refractivity contribution in [2.24, 2.45) is 0 Å². The quantitative estimate of drug-likeness (QED) is 0.432. The molecule has 1 aliphatic heterocycles. The van der Waals surface area contributed by atoms with E-state index in [-0.39, 0.29) is 22.9 Å². The van der Waals surface area contributed by atoms with Gasteiger partial charge in [0.15, 0.2) is 0 Å². The van der Waals surface area contributed by atoms with Gasteiger partial charge in [-0.05, 0) is 43.5 Å². The number of aliphatic hydroxyl groups excluding tert-OH is 1. The highest BCUT2D eigenvalue weighted by Crippen LogP contribution is 2.44. The molecular formula is C25H26FNO4. The zero-order chi connectivity index (χ0) is 22.1. The van der Waals surface area contributed by atoms with E-state index in [1.165, 1.54) is 19.2 Å². The third-order valence-electron chi connectivity index (χ3n) is 6.22. The molecule has 1 heterocycles. The molecule has 1 saturated carbocycles. The molecular weight excluding hydrogens is 397 g/mol. The number of carbonyl (C=O) groups excluding carboxylic acids is 2. The molecule has 1 aliphatic carbocycles. The number of halogens is 1. The van der Waals surface area contributed by atoms with Crippen LogP contribution in [0.4, 0.5) is 4.39 Å². The molecule has 1 amide bonds. The van der Waals surface area contributed by atoms with Crippen molar-refractivity contribution >= 4 is 17.4 Å². The van der Waals surface area contributed by atoms with Crippen molar-refractivity contribution < 1.29 is 23.8 Å². The predicted octanol–water partition coefficient (Wildman–Crippen LogP) is 4.90. The van der Waals surface area contributed by atoms with Crippen LogP contribution in [0.5, 0.6) is 5.75 Å². The van der Waals surface area contributed by atoms with E-state index in [0.29, 0.717) is 0 Å². The van der Waals surface area contributed by atoms with Crippen molar-refractivity contribution in [2.45, 2.75) is 51.1 Å². The Labute approximate surface area is 181 Å². The number of ketones is 1. The first-order valence-corrected chi connectivity index (χ1v) is 10.6. The van der Waals surface area contributed by atoms with Gasteiger partial charge in [-0.15, -0.1) is 0 Å². The molecule has 1 N–H and O–H groups in total. The largest absolute Gasteiger partial charge is 0.507 e. The van der Waals surface area contributed by atoms with Crippen LogP contribution in [0.15, 0.2) is 48.0 Å². The van der Waals surface area contributed by atoms with Crippen molar-refractivity contribution in [3.8, 4) is 5.75 Å². The molecule has 0 radical (unpaired) electrons. The Bertz CT molecular complexity index is 1060. The summed E-state index contributed by atoms with van der Waals surface area (Å²) in [5.74, 6) is -2.13.